The van der Waals surface area contributed by atoms with Crippen LogP contribution in [0.5, 0.6) is 0 Å². The minimum absolute atomic E-state index is 0.00112. The highest BCUT2D eigenvalue weighted by molar-refractivity contribution is 7.89. The van der Waals surface area contributed by atoms with Gasteiger partial charge in [-0.15, -0.1) is 15.7 Å². The fraction of sp³-hybridized carbons (Fsp3) is 0.513. The number of piperazine rings is 1. The van der Waals surface area contributed by atoms with E-state index in [4.69, 9.17) is 28.2 Å². The monoisotopic (exact) mass is 873 g/mol. The SMILES string of the molecule is CS(=O)(=O)N=C1C=CC=CCN1CCCNC(=O)C1CCN(c2ncc(C(=O)Nc3nc(-c4cc(Cl)cs4)c(N4CCN(C5CCCCC5)CC4)s3)cc2Cl)CC1. The second-order valence-corrected chi connectivity index (χ2v) is 19.3. The van der Waals surface area contributed by atoms with Crippen LogP contribution in [0.4, 0.5) is 16.0 Å². The summed E-state index contributed by atoms with van der Waals surface area (Å²) in [6, 6.07) is 4.26. The molecule has 3 aromatic heterocycles. The number of aromatic nitrogens is 2. The number of anilines is 3. The van der Waals surface area contributed by atoms with E-state index in [1.165, 1.54) is 49.6 Å². The van der Waals surface area contributed by atoms with E-state index < -0.39 is 10.0 Å². The molecular formula is C39H49Cl2N9O4S3. The Hall–Kier alpha value is -3.54. The molecule has 7 rings (SSSR count). The standard InChI is InChI=1S/C39H49Cl2N9O4S3/c1-57(53,54)46-33-11-6-3-7-15-48(33)16-8-14-42-36(51)27-12-17-49(18-13-27)35-31(41)23-28(25-43-35)37(52)45-39-44-34(32-24-29(40)26-55-32)38(56-39)50-21-19-47(20-22-50)30-9-4-2-5-10-30/h3,6-7,11,23-27,30H,2,4-5,8-10,12-22H2,1H3,(H,42,51)(H,44,45,52). The number of halogens is 2. The van der Waals surface area contributed by atoms with Crippen molar-refractivity contribution in [3.05, 3.63) is 63.6 Å². The Bertz CT molecular complexity index is 2100. The largest absolute Gasteiger partial charge is 0.359 e. The molecule has 2 amide bonds. The quantitative estimate of drug-likeness (QED) is 0.187. The van der Waals surface area contributed by atoms with Crippen LogP contribution in [0.15, 0.2) is 52.4 Å². The number of thiophene rings is 1. The van der Waals surface area contributed by atoms with E-state index in [1.54, 1.807) is 29.6 Å². The van der Waals surface area contributed by atoms with Gasteiger partial charge in [0.1, 0.15) is 22.3 Å². The number of amidine groups is 1. The lowest BCUT2D eigenvalue weighted by Crippen LogP contribution is -2.50. The van der Waals surface area contributed by atoms with Crippen molar-refractivity contribution in [3.8, 4) is 10.6 Å². The molecule has 0 bridgehead atoms. The molecule has 3 aromatic rings. The first kappa shape index (κ1) is 41.6. The molecule has 306 valence electrons. The number of rotatable bonds is 12. The third kappa shape index (κ3) is 10.9. The van der Waals surface area contributed by atoms with Gasteiger partial charge in [0.05, 0.1) is 26.7 Å². The maximum absolute atomic E-state index is 13.5. The molecule has 6 heterocycles. The number of nitrogens with one attached hydrogen (secondary N) is 2. The predicted molar refractivity (Wildman–Crippen MR) is 233 cm³/mol. The van der Waals surface area contributed by atoms with Gasteiger partial charge in [-0.1, -0.05) is 72.0 Å². The van der Waals surface area contributed by atoms with Crippen molar-refractivity contribution >= 4 is 89.5 Å². The first-order chi connectivity index (χ1) is 27.5. The van der Waals surface area contributed by atoms with Gasteiger partial charge in [0.2, 0.25) is 5.91 Å². The topological polar surface area (TPSA) is 143 Å². The Morgan fingerprint density at radius 3 is 2.46 bits per heavy atom. The van der Waals surface area contributed by atoms with Crippen LogP contribution in [0, 0.1) is 5.92 Å². The maximum Gasteiger partial charge on any atom is 0.259 e. The molecule has 57 heavy (non-hydrogen) atoms. The van der Waals surface area contributed by atoms with Crippen molar-refractivity contribution in [2.24, 2.45) is 10.3 Å². The average Bonchev–Trinajstić information content (AvgIpc) is 3.77. The summed E-state index contributed by atoms with van der Waals surface area (Å²) >= 11 is 16.1. The van der Waals surface area contributed by atoms with Crippen molar-refractivity contribution in [3.63, 3.8) is 0 Å². The first-order valence-corrected chi connectivity index (χ1v) is 23.9. The minimum Gasteiger partial charge on any atom is -0.359 e. The first-order valence-electron chi connectivity index (χ1n) is 19.6. The number of hydrogen-bond acceptors (Lipinski definition) is 11. The molecule has 2 N–H and O–H groups in total. The van der Waals surface area contributed by atoms with Crippen LogP contribution in [0.2, 0.25) is 10.0 Å². The molecule has 3 aliphatic heterocycles. The zero-order chi connectivity index (χ0) is 39.9. The van der Waals surface area contributed by atoms with Crippen molar-refractivity contribution < 1.29 is 18.0 Å². The number of pyridine rings is 1. The Labute approximate surface area is 352 Å². The van der Waals surface area contributed by atoms with Crippen LogP contribution < -0.4 is 20.4 Å². The lowest BCUT2D eigenvalue weighted by Gasteiger charge is -2.41. The average molecular weight is 875 g/mol. The van der Waals surface area contributed by atoms with E-state index in [-0.39, 0.29) is 17.7 Å². The number of hydrogen-bond donors (Lipinski definition) is 2. The molecule has 4 aliphatic rings. The minimum atomic E-state index is -3.54. The predicted octanol–water partition coefficient (Wildman–Crippen LogP) is 6.79. The third-order valence-corrected chi connectivity index (χ3v) is 14.0. The van der Waals surface area contributed by atoms with Crippen LogP contribution in [0.25, 0.3) is 10.6 Å². The van der Waals surface area contributed by atoms with Gasteiger partial charge in [-0.3, -0.25) is 19.8 Å². The van der Waals surface area contributed by atoms with Crippen molar-refractivity contribution in [2.75, 3.05) is 80.3 Å². The Balaban J connectivity index is 0.910. The highest BCUT2D eigenvalue weighted by atomic mass is 35.5. The van der Waals surface area contributed by atoms with Crippen molar-refractivity contribution in [2.45, 2.75) is 57.4 Å². The van der Waals surface area contributed by atoms with Crippen LogP contribution in [-0.2, 0) is 14.8 Å². The molecule has 0 radical (unpaired) electrons. The van der Waals surface area contributed by atoms with Gasteiger partial charge in [0.25, 0.3) is 15.9 Å². The Morgan fingerprint density at radius 1 is 0.982 bits per heavy atom. The van der Waals surface area contributed by atoms with Gasteiger partial charge in [-0.2, -0.15) is 0 Å². The number of allylic oxidation sites excluding steroid dienone is 2. The summed E-state index contributed by atoms with van der Waals surface area (Å²) < 4.78 is 27.4. The van der Waals surface area contributed by atoms with Crippen molar-refractivity contribution in [1.82, 2.24) is 25.1 Å². The lowest BCUT2D eigenvalue weighted by molar-refractivity contribution is -0.125. The molecule has 1 aliphatic carbocycles. The van der Waals surface area contributed by atoms with Gasteiger partial charge < -0.3 is 20.0 Å². The van der Waals surface area contributed by atoms with Gasteiger partial charge >= 0.3 is 0 Å². The van der Waals surface area contributed by atoms with E-state index in [0.717, 1.165) is 48.0 Å². The summed E-state index contributed by atoms with van der Waals surface area (Å²) in [4.78, 5) is 46.0. The molecule has 0 atom stereocenters. The maximum atomic E-state index is 13.5. The van der Waals surface area contributed by atoms with Gasteiger partial charge in [-0.25, -0.2) is 18.4 Å². The lowest BCUT2D eigenvalue weighted by atomic mass is 9.94. The van der Waals surface area contributed by atoms with Crippen LogP contribution in [0.1, 0.15) is 61.7 Å². The highest BCUT2D eigenvalue weighted by Gasteiger charge is 2.30. The number of sulfonamides is 1. The smallest absolute Gasteiger partial charge is 0.259 e. The summed E-state index contributed by atoms with van der Waals surface area (Å²) in [5.74, 6) is 0.486. The zero-order valence-corrected chi connectivity index (χ0v) is 36.0. The van der Waals surface area contributed by atoms with E-state index in [1.807, 2.05) is 28.5 Å². The molecule has 18 heteroatoms. The van der Waals surface area contributed by atoms with Crippen LogP contribution >= 0.6 is 45.9 Å². The second kappa shape index (κ2) is 19.0. The van der Waals surface area contributed by atoms with Crippen LogP contribution in [-0.4, -0.2) is 117 Å². The number of carbonyl (C=O) groups excluding carboxylic acids is 2. The van der Waals surface area contributed by atoms with E-state index in [9.17, 15) is 18.0 Å². The highest BCUT2D eigenvalue weighted by Crippen LogP contribution is 2.42. The van der Waals surface area contributed by atoms with Crippen molar-refractivity contribution in [1.29, 1.82) is 0 Å². The summed E-state index contributed by atoms with van der Waals surface area (Å²) in [6.07, 6.45) is 18.4. The summed E-state index contributed by atoms with van der Waals surface area (Å²) in [5, 5.41) is 10.5. The Kier molecular flexibility index (Phi) is 13.9. The number of amides is 2. The third-order valence-electron chi connectivity index (χ3n) is 10.9. The normalized spacial score (nSPS) is 19.6. The van der Waals surface area contributed by atoms with Gasteiger partial charge in [0, 0.05) is 82.4 Å². The number of carbonyl (C=O) groups is 2. The molecule has 3 fully saturated rings. The fourth-order valence-electron chi connectivity index (χ4n) is 7.92. The van der Waals surface area contributed by atoms with E-state index in [0.29, 0.717) is 90.4 Å². The van der Waals surface area contributed by atoms with E-state index >= 15 is 0 Å². The summed E-state index contributed by atoms with van der Waals surface area (Å²) in [7, 11) is -3.54. The number of nitrogens with zero attached hydrogens (tertiary/aromatic N) is 7. The molecule has 0 aromatic carbocycles. The van der Waals surface area contributed by atoms with E-state index in [2.05, 4.69) is 34.7 Å². The zero-order valence-electron chi connectivity index (χ0n) is 32.0. The molecular weight excluding hydrogens is 826 g/mol. The fourth-order valence-corrected chi connectivity index (χ4v) is 10.9. The van der Waals surface area contributed by atoms with Gasteiger partial charge in [-0.05, 0) is 50.3 Å². The second-order valence-electron chi connectivity index (χ2n) is 14.9. The summed E-state index contributed by atoms with van der Waals surface area (Å²) in [6.45, 7) is 6.59. The molecule has 1 saturated carbocycles. The van der Waals surface area contributed by atoms with Gasteiger partial charge in [0.15, 0.2) is 5.13 Å². The summed E-state index contributed by atoms with van der Waals surface area (Å²) in [5.41, 5.74) is 1.17. The Morgan fingerprint density at radius 2 is 1.75 bits per heavy atom. The number of thiazole rings is 1. The molecule has 0 unspecified atom stereocenters. The molecule has 2 saturated heterocycles. The molecule has 13 nitrogen and oxygen atoms in total. The number of piperidine rings is 1. The van der Waals surface area contributed by atoms with Crippen LogP contribution in [0.3, 0.4) is 0 Å². The molecule has 0 spiro atoms.